The Morgan fingerprint density at radius 2 is 1.25 bits per heavy atom. The number of unbranched alkanes of at least 4 members (excludes halogenated alkanes) is 14. The van der Waals surface area contributed by atoms with Crippen LogP contribution in [0.2, 0.25) is 18.1 Å². The van der Waals surface area contributed by atoms with Gasteiger partial charge in [-0.2, -0.15) is 0 Å². The van der Waals surface area contributed by atoms with Gasteiger partial charge >= 0.3 is 30.1 Å². The van der Waals surface area contributed by atoms with Crippen LogP contribution < -0.4 is 10.6 Å². The summed E-state index contributed by atoms with van der Waals surface area (Å²) in [6, 6.07) is 5.45. The number of aliphatic hydroxyl groups excluding tert-OH is 1. The minimum absolute atomic E-state index is 0.188. The van der Waals surface area contributed by atoms with Crippen molar-refractivity contribution in [2.75, 3.05) is 26.4 Å². The number of ether oxygens (including phenoxy) is 7. The lowest BCUT2D eigenvalue weighted by molar-refractivity contribution is -0.273. The smallest absolute Gasteiger partial charge is 0.408 e. The molecule has 1 saturated heterocycles. The fourth-order valence-corrected chi connectivity index (χ4v) is 8.93. The number of carbonyl (C=O) groups is 5. The molecule has 0 aliphatic carbocycles. The number of aliphatic hydroxyl groups is 1. The molecule has 0 saturated carbocycles. The van der Waals surface area contributed by atoms with Gasteiger partial charge in [0.1, 0.15) is 44.2 Å². The van der Waals surface area contributed by atoms with Gasteiger partial charge in [0.2, 0.25) is 7.59 Å². The maximum Gasteiger partial charge on any atom is 0.408 e. The summed E-state index contributed by atoms with van der Waals surface area (Å²) in [6.07, 6.45) is 7.16. The minimum atomic E-state index is -2.55. The van der Waals surface area contributed by atoms with Crippen molar-refractivity contribution < 1.29 is 66.7 Å². The molecule has 1 aliphatic rings. The molecule has 0 bridgehead atoms. The first-order valence-corrected chi connectivity index (χ1v) is 31.6. The number of carbonyl (C=O) groups excluding carboxylic acids is 5. The number of esters is 3. The van der Waals surface area contributed by atoms with Gasteiger partial charge in [-0.3, -0.25) is 9.59 Å². The Balaban J connectivity index is 2.54. The molecule has 0 spiro atoms. The van der Waals surface area contributed by atoms with Crippen LogP contribution in [-0.4, -0.2) is 120 Å². The van der Waals surface area contributed by atoms with Gasteiger partial charge < -0.3 is 53.3 Å². The summed E-state index contributed by atoms with van der Waals surface area (Å²) in [5.74, 6) is -2.30. The zero-order valence-corrected chi connectivity index (χ0v) is 50.5. The Kier molecular flexibility index (Phi) is 33.4. The third-order valence-corrected chi connectivity index (χ3v) is 18.1. The highest BCUT2D eigenvalue weighted by atomic mass is 35.6. The summed E-state index contributed by atoms with van der Waals surface area (Å²) in [4.78, 5) is 67.7. The highest BCUT2D eigenvalue weighted by molar-refractivity contribution is 6.74. The van der Waals surface area contributed by atoms with Crippen LogP contribution in [0.1, 0.15) is 162 Å². The number of benzene rings is 1. The lowest BCUT2D eigenvalue weighted by atomic mass is 9.96. The Bertz CT molecular complexity index is 1810. The van der Waals surface area contributed by atoms with E-state index < -0.39 is 109 Å². The van der Waals surface area contributed by atoms with E-state index in [4.69, 9.17) is 107 Å². The van der Waals surface area contributed by atoms with Crippen LogP contribution in [0.5, 0.6) is 0 Å². The van der Waals surface area contributed by atoms with Crippen molar-refractivity contribution in [1.29, 1.82) is 0 Å². The number of alkyl carbamates (subject to hydrolysis) is 2. The molecular formula is C52H84Cl6N2O14Si. The first-order valence-electron chi connectivity index (χ1n) is 26.4. The summed E-state index contributed by atoms with van der Waals surface area (Å²) in [6.45, 7) is 11.8. The van der Waals surface area contributed by atoms with Gasteiger partial charge in [-0.25, -0.2) is 14.4 Å². The molecule has 16 nitrogen and oxygen atoms in total. The second-order valence-corrected chi connectivity index (χ2v) is 30.4. The van der Waals surface area contributed by atoms with E-state index in [0.717, 1.165) is 57.8 Å². The molecule has 7 atom stereocenters. The van der Waals surface area contributed by atoms with E-state index in [1.807, 2.05) is 33.9 Å². The molecule has 2 rings (SSSR count). The zero-order chi connectivity index (χ0) is 56.1. The first-order chi connectivity index (χ1) is 35.2. The topological polar surface area (TPSA) is 203 Å². The average Bonchev–Trinajstić information content (AvgIpc) is 3.33. The molecule has 3 N–H and O–H groups in total. The number of amides is 2. The molecule has 23 heteroatoms. The summed E-state index contributed by atoms with van der Waals surface area (Å²) in [5.41, 5.74) is 0.624. The van der Waals surface area contributed by atoms with E-state index in [9.17, 15) is 29.1 Å². The maximum atomic E-state index is 14.3. The summed E-state index contributed by atoms with van der Waals surface area (Å²) >= 11 is 35.1. The standard InChI is InChI=1S/C52H84Cl6N2O14Si/c1-8-10-12-14-16-17-19-20-25-29-38(72-41(61)30-26-21-18-15-13-11-9-2)31-42(62)74-45-43(60-49(66)70-36-52(56,57)58)47(73-40(44(45)63)34-71-75(6,7)50(3,4)5)68-33-39(59-48(65)69-35-51(53,54)55)46(64)67-32-37-27-23-22-24-28-37/h22-24,27-28,38-40,43-45,47,63H,8-21,25-26,29-36H2,1-7H3,(H,59,65)(H,60,66)/t38-,39+,40-,43-,44-,45-,47?/m1/s1. The molecule has 432 valence electrons. The molecular weight excluding hydrogens is 1120 g/mol. The normalized spacial score (nSPS) is 19.1. The molecule has 1 unspecified atom stereocenters. The predicted octanol–water partition coefficient (Wildman–Crippen LogP) is 13.1. The summed E-state index contributed by atoms with van der Waals surface area (Å²) in [5, 5.41) is 16.7. The third-order valence-electron chi connectivity index (χ3n) is 12.9. The van der Waals surface area contributed by atoms with Gasteiger partial charge in [0.15, 0.2) is 26.8 Å². The molecule has 75 heavy (non-hydrogen) atoms. The molecule has 1 aromatic rings. The van der Waals surface area contributed by atoms with Crippen molar-refractivity contribution in [3.05, 3.63) is 35.9 Å². The third kappa shape index (κ3) is 30.8. The average molecular weight is 1200 g/mol. The number of hydrogen-bond acceptors (Lipinski definition) is 14. The van der Waals surface area contributed by atoms with Crippen molar-refractivity contribution in [2.24, 2.45) is 0 Å². The van der Waals surface area contributed by atoms with Crippen LogP contribution in [0.3, 0.4) is 0 Å². The van der Waals surface area contributed by atoms with E-state index in [1.165, 1.54) is 32.1 Å². The van der Waals surface area contributed by atoms with Crippen LogP contribution in [0.4, 0.5) is 9.59 Å². The molecule has 2 amide bonds. The van der Waals surface area contributed by atoms with Crippen LogP contribution in [0.15, 0.2) is 30.3 Å². The molecule has 1 aliphatic heterocycles. The van der Waals surface area contributed by atoms with Crippen molar-refractivity contribution in [3.63, 3.8) is 0 Å². The number of nitrogens with one attached hydrogen (secondary N) is 2. The maximum absolute atomic E-state index is 14.3. The van der Waals surface area contributed by atoms with Crippen LogP contribution in [0, 0.1) is 0 Å². The number of rotatable bonds is 35. The Labute approximate surface area is 476 Å². The fraction of sp³-hybridized carbons (Fsp3) is 0.788. The van der Waals surface area contributed by atoms with Crippen LogP contribution in [0.25, 0.3) is 0 Å². The van der Waals surface area contributed by atoms with E-state index >= 15 is 0 Å². The first kappa shape index (κ1) is 69.1. The van der Waals surface area contributed by atoms with Crippen LogP contribution in [-0.2, 0) is 58.6 Å². The summed E-state index contributed by atoms with van der Waals surface area (Å²) < 4.78 is 42.8. The largest absolute Gasteiger partial charge is 0.462 e. The van der Waals surface area contributed by atoms with Gasteiger partial charge in [-0.15, -0.1) is 0 Å². The monoisotopic (exact) mass is 1200 g/mol. The predicted molar refractivity (Wildman–Crippen MR) is 296 cm³/mol. The molecule has 1 heterocycles. The molecule has 1 aromatic carbocycles. The Hall–Kier alpha value is -2.03. The van der Waals surface area contributed by atoms with Gasteiger partial charge in [-0.1, -0.05) is 224 Å². The fourth-order valence-electron chi connectivity index (χ4n) is 7.59. The molecule has 0 aromatic heterocycles. The summed E-state index contributed by atoms with van der Waals surface area (Å²) in [7, 11) is -2.55. The van der Waals surface area contributed by atoms with Crippen molar-refractivity contribution >= 4 is 108 Å². The second-order valence-electron chi connectivity index (χ2n) is 20.5. The minimum Gasteiger partial charge on any atom is -0.462 e. The lowest BCUT2D eigenvalue weighted by Gasteiger charge is -2.45. The number of hydrogen-bond donors (Lipinski definition) is 3. The van der Waals surface area contributed by atoms with Gasteiger partial charge in [0.25, 0.3) is 0 Å². The van der Waals surface area contributed by atoms with E-state index in [1.54, 1.807) is 30.3 Å². The highest BCUT2D eigenvalue weighted by Gasteiger charge is 2.51. The van der Waals surface area contributed by atoms with Crippen molar-refractivity contribution in [2.45, 2.75) is 232 Å². The van der Waals surface area contributed by atoms with Crippen LogP contribution >= 0.6 is 69.6 Å². The zero-order valence-electron chi connectivity index (χ0n) is 44.9. The SMILES string of the molecule is CCCCCCCCCCC[C@H](CC(=O)O[C@H]1[C@H](O)[C@@H](CO[Si](C)(C)C(C)(C)C)OC(OC[C@H](NC(=O)OCC(Cl)(Cl)Cl)C(=O)OCc2ccccc2)[C@@H]1NC(=O)OCC(Cl)(Cl)Cl)OC(=O)CCCCCCCCC. The van der Waals surface area contributed by atoms with Crippen molar-refractivity contribution in [1.82, 2.24) is 10.6 Å². The van der Waals surface area contributed by atoms with Crippen molar-refractivity contribution in [3.8, 4) is 0 Å². The highest BCUT2D eigenvalue weighted by Crippen LogP contribution is 2.38. The van der Waals surface area contributed by atoms with E-state index in [-0.39, 0.29) is 31.1 Å². The lowest BCUT2D eigenvalue weighted by Crippen LogP contribution is -2.66. The van der Waals surface area contributed by atoms with E-state index in [0.29, 0.717) is 24.8 Å². The van der Waals surface area contributed by atoms with Gasteiger partial charge in [0.05, 0.1) is 19.6 Å². The Morgan fingerprint density at radius 3 is 1.80 bits per heavy atom. The quantitative estimate of drug-likeness (QED) is 0.0190. The van der Waals surface area contributed by atoms with Gasteiger partial charge in [0, 0.05) is 6.42 Å². The molecule has 1 fully saturated rings. The number of halogens is 6. The Morgan fingerprint density at radius 1 is 0.720 bits per heavy atom. The van der Waals surface area contributed by atoms with E-state index in [2.05, 4.69) is 24.5 Å². The second kappa shape index (κ2) is 36.3. The molecule has 0 radical (unpaired) electrons. The number of alkyl halides is 6. The van der Waals surface area contributed by atoms with Gasteiger partial charge in [-0.05, 0) is 43.0 Å².